The molecule has 1 aromatic carbocycles. The number of aryl methyl sites for hydroxylation is 2. The minimum absolute atomic E-state index is 0.0114. The molecule has 1 saturated heterocycles. The zero-order chi connectivity index (χ0) is 15.6. The van der Waals surface area contributed by atoms with Crippen LogP contribution >= 0.6 is 0 Å². The molecule has 0 unspecified atom stereocenters. The number of amides is 2. The monoisotopic (exact) mass is 289 g/mol. The second kappa shape index (κ2) is 6.06. The fraction of sp³-hybridized carbons (Fsp3) is 0.588. The Hall–Kier alpha value is -1.55. The smallest absolute Gasteiger partial charge is 0.321 e. The fourth-order valence-corrected chi connectivity index (χ4v) is 2.65. The van der Waals surface area contributed by atoms with Crippen molar-refractivity contribution in [1.82, 2.24) is 9.80 Å². The molecule has 116 valence electrons. The van der Waals surface area contributed by atoms with Crippen LogP contribution < -0.4 is 5.32 Å². The fourth-order valence-electron chi connectivity index (χ4n) is 2.65. The van der Waals surface area contributed by atoms with Gasteiger partial charge in [0, 0.05) is 37.4 Å². The van der Waals surface area contributed by atoms with Gasteiger partial charge in [0.2, 0.25) is 0 Å². The van der Waals surface area contributed by atoms with Crippen LogP contribution in [0.15, 0.2) is 18.2 Å². The van der Waals surface area contributed by atoms with Crippen molar-refractivity contribution in [2.45, 2.75) is 40.2 Å². The quantitative estimate of drug-likeness (QED) is 0.861. The number of carbonyl (C=O) groups is 1. The molecular formula is C17H27N3O. The van der Waals surface area contributed by atoms with Gasteiger partial charge in [-0.25, -0.2) is 4.79 Å². The summed E-state index contributed by atoms with van der Waals surface area (Å²) in [4.78, 5) is 16.7. The zero-order valence-corrected chi connectivity index (χ0v) is 13.9. The Labute approximate surface area is 128 Å². The van der Waals surface area contributed by atoms with E-state index in [2.05, 4.69) is 37.1 Å². The van der Waals surface area contributed by atoms with Crippen molar-refractivity contribution in [3.8, 4) is 0 Å². The van der Waals surface area contributed by atoms with E-state index in [-0.39, 0.29) is 11.6 Å². The van der Waals surface area contributed by atoms with Crippen LogP contribution in [0, 0.1) is 13.8 Å². The molecule has 1 aliphatic heterocycles. The van der Waals surface area contributed by atoms with Gasteiger partial charge < -0.3 is 10.2 Å². The van der Waals surface area contributed by atoms with E-state index >= 15 is 0 Å². The van der Waals surface area contributed by atoms with Gasteiger partial charge in [-0.2, -0.15) is 0 Å². The molecule has 1 aliphatic rings. The summed E-state index contributed by atoms with van der Waals surface area (Å²) in [5.74, 6) is 0. The lowest BCUT2D eigenvalue weighted by Gasteiger charge is -2.42. The van der Waals surface area contributed by atoms with Crippen LogP contribution in [0.2, 0.25) is 0 Å². The number of hydrogen-bond donors (Lipinski definition) is 1. The van der Waals surface area contributed by atoms with E-state index in [0.29, 0.717) is 0 Å². The van der Waals surface area contributed by atoms with Gasteiger partial charge in [-0.15, -0.1) is 0 Å². The molecule has 0 aromatic heterocycles. The highest BCUT2D eigenvalue weighted by molar-refractivity contribution is 5.90. The minimum Gasteiger partial charge on any atom is -0.322 e. The molecule has 1 aromatic rings. The summed E-state index contributed by atoms with van der Waals surface area (Å²) in [6.45, 7) is 14.2. The highest BCUT2D eigenvalue weighted by atomic mass is 16.2. The first kappa shape index (κ1) is 15.8. The van der Waals surface area contributed by atoms with E-state index in [1.165, 1.54) is 0 Å². The third-order valence-electron chi connectivity index (χ3n) is 4.15. The molecule has 0 aliphatic carbocycles. The highest BCUT2D eigenvalue weighted by Gasteiger charge is 2.27. The lowest BCUT2D eigenvalue weighted by atomic mass is 10.1. The maximum Gasteiger partial charge on any atom is 0.321 e. The van der Waals surface area contributed by atoms with Crippen LogP contribution in [0.25, 0.3) is 0 Å². The molecular weight excluding hydrogens is 262 g/mol. The van der Waals surface area contributed by atoms with Gasteiger partial charge in [-0.3, -0.25) is 4.90 Å². The molecule has 4 heteroatoms. The van der Waals surface area contributed by atoms with E-state index in [9.17, 15) is 4.79 Å². The number of piperazine rings is 1. The third kappa shape index (κ3) is 3.97. The minimum atomic E-state index is 0.0114. The third-order valence-corrected chi connectivity index (χ3v) is 4.15. The molecule has 2 amide bonds. The Bertz CT molecular complexity index is 511. The van der Waals surface area contributed by atoms with Crippen molar-refractivity contribution >= 4 is 11.7 Å². The Kier molecular flexibility index (Phi) is 4.57. The molecule has 1 N–H and O–H groups in total. The van der Waals surface area contributed by atoms with Crippen LogP contribution in [0.1, 0.15) is 31.9 Å². The maximum absolute atomic E-state index is 12.4. The highest BCUT2D eigenvalue weighted by Crippen LogP contribution is 2.19. The molecule has 0 atom stereocenters. The molecule has 0 spiro atoms. The van der Waals surface area contributed by atoms with E-state index in [0.717, 1.165) is 43.0 Å². The standard InChI is InChI=1S/C17H27N3O/c1-13-6-7-14(2)15(12-13)18-16(21)19-8-10-20(11-9-19)17(3,4)5/h6-7,12H,8-11H2,1-5H3,(H,18,21). The number of rotatable bonds is 1. The Morgan fingerprint density at radius 1 is 1.10 bits per heavy atom. The van der Waals surface area contributed by atoms with Crippen molar-refractivity contribution in [3.05, 3.63) is 29.3 Å². The number of carbonyl (C=O) groups excluding carboxylic acids is 1. The van der Waals surface area contributed by atoms with Crippen molar-refractivity contribution in [2.75, 3.05) is 31.5 Å². The Morgan fingerprint density at radius 3 is 2.29 bits per heavy atom. The summed E-state index contributed by atoms with van der Waals surface area (Å²) >= 11 is 0. The average Bonchev–Trinajstić information content (AvgIpc) is 2.42. The van der Waals surface area contributed by atoms with Gasteiger partial charge in [-0.1, -0.05) is 12.1 Å². The number of urea groups is 1. The average molecular weight is 289 g/mol. The van der Waals surface area contributed by atoms with Crippen molar-refractivity contribution in [2.24, 2.45) is 0 Å². The Morgan fingerprint density at radius 2 is 1.71 bits per heavy atom. The van der Waals surface area contributed by atoms with E-state index < -0.39 is 0 Å². The van der Waals surface area contributed by atoms with Gasteiger partial charge in [0.25, 0.3) is 0 Å². The van der Waals surface area contributed by atoms with E-state index in [4.69, 9.17) is 0 Å². The summed E-state index contributed by atoms with van der Waals surface area (Å²) in [6.07, 6.45) is 0. The van der Waals surface area contributed by atoms with E-state index in [1.54, 1.807) is 0 Å². The summed E-state index contributed by atoms with van der Waals surface area (Å²) < 4.78 is 0. The first-order valence-electron chi connectivity index (χ1n) is 7.65. The predicted octanol–water partition coefficient (Wildman–Crippen LogP) is 3.25. The molecule has 2 rings (SSSR count). The number of anilines is 1. The lowest BCUT2D eigenvalue weighted by molar-refractivity contribution is 0.0774. The molecule has 0 saturated carbocycles. The van der Waals surface area contributed by atoms with Crippen molar-refractivity contribution in [3.63, 3.8) is 0 Å². The molecule has 1 heterocycles. The van der Waals surface area contributed by atoms with Crippen LogP contribution in [0.3, 0.4) is 0 Å². The van der Waals surface area contributed by atoms with Crippen molar-refractivity contribution in [1.29, 1.82) is 0 Å². The molecule has 4 nitrogen and oxygen atoms in total. The van der Waals surface area contributed by atoms with Gasteiger partial charge in [0.05, 0.1) is 0 Å². The molecule has 0 radical (unpaired) electrons. The van der Waals surface area contributed by atoms with Crippen LogP contribution in [0.4, 0.5) is 10.5 Å². The normalized spacial score (nSPS) is 16.9. The number of hydrogen-bond acceptors (Lipinski definition) is 2. The number of nitrogens with one attached hydrogen (secondary N) is 1. The summed E-state index contributed by atoms with van der Waals surface area (Å²) in [5.41, 5.74) is 3.35. The Balaban J connectivity index is 1.95. The predicted molar refractivity (Wildman–Crippen MR) is 87.8 cm³/mol. The largest absolute Gasteiger partial charge is 0.322 e. The van der Waals surface area contributed by atoms with Crippen LogP contribution in [-0.4, -0.2) is 47.5 Å². The summed E-state index contributed by atoms with van der Waals surface area (Å²) in [6, 6.07) is 6.14. The van der Waals surface area contributed by atoms with Crippen molar-refractivity contribution < 1.29 is 4.79 Å². The van der Waals surface area contributed by atoms with E-state index in [1.807, 2.05) is 30.9 Å². The maximum atomic E-state index is 12.4. The van der Waals surface area contributed by atoms with Gasteiger partial charge in [-0.05, 0) is 51.8 Å². The topological polar surface area (TPSA) is 35.6 Å². The SMILES string of the molecule is Cc1ccc(C)c(NC(=O)N2CCN(C(C)(C)C)CC2)c1. The molecule has 0 bridgehead atoms. The molecule has 21 heavy (non-hydrogen) atoms. The number of benzene rings is 1. The summed E-state index contributed by atoms with van der Waals surface area (Å²) in [5, 5.41) is 3.04. The lowest BCUT2D eigenvalue weighted by Crippen LogP contribution is -2.55. The summed E-state index contributed by atoms with van der Waals surface area (Å²) in [7, 11) is 0. The first-order valence-corrected chi connectivity index (χ1v) is 7.65. The van der Waals surface area contributed by atoms with Crippen LogP contribution in [-0.2, 0) is 0 Å². The second-order valence-electron chi connectivity index (χ2n) is 6.89. The zero-order valence-electron chi connectivity index (χ0n) is 13.9. The first-order chi connectivity index (χ1) is 9.77. The van der Waals surface area contributed by atoms with Gasteiger partial charge in [0.15, 0.2) is 0 Å². The van der Waals surface area contributed by atoms with Gasteiger partial charge >= 0.3 is 6.03 Å². The second-order valence-corrected chi connectivity index (χ2v) is 6.89. The van der Waals surface area contributed by atoms with Crippen LogP contribution in [0.5, 0.6) is 0 Å². The molecule has 1 fully saturated rings. The van der Waals surface area contributed by atoms with Gasteiger partial charge in [0.1, 0.15) is 0 Å². The number of nitrogens with zero attached hydrogens (tertiary/aromatic N) is 2.